The molecule has 0 aliphatic heterocycles. The molecule has 1 heterocycles. The highest BCUT2D eigenvalue weighted by Gasteiger charge is 2.12. The summed E-state index contributed by atoms with van der Waals surface area (Å²) in [5.41, 5.74) is 3.09. The van der Waals surface area contributed by atoms with Gasteiger partial charge in [0.05, 0.1) is 11.0 Å². The maximum Gasteiger partial charge on any atom is 0.249 e. The molecule has 5 nitrogen and oxygen atoms in total. The van der Waals surface area contributed by atoms with Crippen molar-refractivity contribution in [2.24, 2.45) is 7.05 Å². The Morgan fingerprint density at radius 3 is 2.95 bits per heavy atom. The van der Waals surface area contributed by atoms with Gasteiger partial charge in [-0.25, -0.2) is 4.98 Å². The number of benzene rings is 1. The van der Waals surface area contributed by atoms with Crippen LogP contribution >= 0.6 is 0 Å². The molecule has 0 aliphatic carbocycles. The first-order chi connectivity index (χ1) is 9.52. The van der Waals surface area contributed by atoms with Crippen LogP contribution in [0.15, 0.2) is 18.2 Å². The van der Waals surface area contributed by atoms with Crippen molar-refractivity contribution >= 4 is 16.9 Å². The number of carbonyl (C=O) groups is 1. The van der Waals surface area contributed by atoms with Gasteiger partial charge in [0.15, 0.2) is 0 Å². The minimum atomic E-state index is -0.416. The van der Waals surface area contributed by atoms with Gasteiger partial charge in [0, 0.05) is 20.2 Å². The predicted molar refractivity (Wildman–Crippen MR) is 78.4 cm³/mol. The van der Waals surface area contributed by atoms with Crippen LogP contribution in [0.3, 0.4) is 0 Å². The lowest BCUT2D eigenvalue weighted by atomic mass is 10.2. The van der Waals surface area contributed by atoms with Crippen LogP contribution in [0, 0.1) is 6.92 Å². The smallest absolute Gasteiger partial charge is 0.249 e. The first kappa shape index (κ1) is 14.5. The predicted octanol–water partition coefficient (Wildman–Crippen LogP) is 1.92. The molecule has 5 heteroatoms. The van der Waals surface area contributed by atoms with E-state index in [1.807, 2.05) is 39.1 Å². The number of imidazole rings is 1. The van der Waals surface area contributed by atoms with E-state index >= 15 is 0 Å². The summed E-state index contributed by atoms with van der Waals surface area (Å²) in [6.07, 6.45) is -0.416. The van der Waals surface area contributed by atoms with Gasteiger partial charge in [-0.3, -0.25) is 4.79 Å². The summed E-state index contributed by atoms with van der Waals surface area (Å²) in [5, 5.41) is 2.87. The van der Waals surface area contributed by atoms with Crippen LogP contribution in [-0.2, 0) is 23.1 Å². The minimum Gasteiger partial charge on any atom is -0.369 e. The summed E-state index contributed by atoms with van der Waals surface area (Å²) in [6, 6.07) is 6.05. The number of amides is 1. The molecule has 0 saturated carbocycles. The molecular weight excluding hydrogens is 254 g/mol. The SMILES string of the molecule is CCO[C@H](C)C(=O)NCc1ccc2c(c1)nc(C)n2C. The maximum absolute atomic E-state index is 11.8. The number of nitrogens with one attached hydrogen (secondary N) is 1. The van der Waals surface area contributed by atoms with Crippen molar-refractivity contribution in [1.82, 2.24) is 14.9 Å². The lowest BCUT2D eigenvalue weighted by molar-refractivity contribution is -0.131. The highest BCUT2D eigenvalue weighted by atomic mass is 16.5. The number of hydrogen-bond donors (Lipinski definition) is 1. The van der Waals surface area contributed by atoms with Gasteiger partial charge in [-0.2, -0.15) is 0 Å². The Morgan fingerprint density at radius 1 is 1.50 bits per heavy atom. The Balaban J connectivity index is 2.05. The molecule has 1 N–H and O–H groups in total. The summed E-state index contributed by atoms with van der Waals surface area (Å²) < 4.78 is 7.30. The number of rotatable bonds is 5. The molecule has 0 radical (unpaired) electrons. The molecule has 1 atom stereocenters. The van der Waals surface area contributed by atoms with Crippen LogP contribution in [0.25, 0.3) is 11.0 Å². The molecule has 1 aromatic heterocycles. The number of ether oxygens (including phenoxy) is 1. The molecule has 20 heavy (non-hydrogen) atoms. The minimum absolute atomic E-state index is 0.0934. The third-order valence-electron chi connectivity index (χ3n) is 3.42. The second kappa shape index (κ2) is 6.05. The Labute approximate surface area is 118 Å². The summed E-state index contributed by atoms with van der Waals surface area (Å²) in [7, 11) is 2.00. The van der Waals surface area contributed by atoms with Crippen molar-refractivity contribution in [3.8, 4) is 0 Å². The van der Waals surface area contributed by atoms with Crippen LogP contribution in [0.4, 0.5) is 0 Å². The van der Waals surface area contributed by atoms with E-state index in [9.17, 15) is 4.79 Å². The van der Waals surface area contributed by atoms with E-state index < -0.39 is 6.10 Å². The lowest BCUT2D eigenvalue weighted by Gasteiger charge is -2.12. The molecule has 1 aromatic carbocycles. The van der Waals surface area contributed by atoms with Crippen LogP contribution in [0.5, 0.6) is 0 Å². The molecule has 2 rings (SSSR count). The van der Waals surface area contributed by atoms with Crippen LogP contribution in [0.2, 0.25) is 0 Å². The molecule has 0 saturated heterocycles. The topological polar surface area (TPSA) is 56.1 Å². The Bertz CT molecular complexity index is 619. The van der Waals surface area contributed by atoms with Gasteiger partial charge in [0.25, 0.3) is 0 Å². The molecule has 0 aliphatic rings. The molecule has 108 valence electrons. The van der Waals surface area contributed by atoms with Crippen molar-refractivity contribution in [2.45, 2.75) is 33.4 Å². The zero-order valence-corrected chi connectivity index (χ0v) is 12.4. The number of nitrogens with zero attached hydrogens (tertiary/aromatic N) is 2. The largest absolute Gasteiger partial charge is 0.369 e. The third-order valence-corrected chi connectivity index (χ3v) is 3.42. The van der Waals surface area contributed by atoms with Gasteiger partial charge < -0.3 is 14.6 Å². The normalized spacial score (nSPS) is 12.6. The van der Waals surface area contributed by atoms with Gasteiger partial charge in [0.1, 0.15) is 11.9 Å². The first-order valence-corrected chi connectivity index (χ1v) is 6.84. The van der Waals surface area contributed by atoms with E-state index in [0.29, 0.717) is 13.2 Å². The zero-order valence-electron chi connectivity index (χ0n) is 12.4. The van der Waals surface area contributed by atoms with Gasteiger partial charge in [-0.05, 0) is 38.5 Å². The summed E-state index contributed by atoms with van der Waals surface area (Å²) in [5.74, 6) is 0.885. The molecule has 0 spiro atoms. The van der Waals surface area contributed by atoms with Crippen molar-refractivity contribution in [3.05, 3.63) is 29.6 Å². The average molecular weight is 275 g/mol. The van der Waals surface area contributed by atoms with E-state index in [4.69, 9.17) is 4.74 Å². The van der Waals surface area contributed by atoms with E-state index in [2.05, 4.69) is 14.9 Å². The highest BCUT2D eigenvalue weighted by molar-refractivity contribution is 5.80. The number of hydrogen-bond acceptors (Lipinski definition) is 3. The lowest BCUT2D eigenvalue weighted by Crippen LogP contribution is -2.34. The average Bonchev–Trinajstić information content (AvgIpc) is 2.71. The number of carbonyl (C=O) groups excluding carboxylic acids is 1. The molecule has 2 aromatic rings. The van der Waals surface area contributed by atoms with Crippen molar-refractivity contribution < 1.29 is 9.53 Å². The van der Waals surface area contributed by atoms with Crippen LogP contribution in [0.1, 0.15) is 25.2 Å². The summed E-state index contributed by atoms with van der Waals surface area (Å²) in [6.45, 7) is 6.63. The van der Waals surface area contributed by atoms with Gasteiger partial charge in [-0.1, -0.05) is 6.07 Å². The fourth-order valence-electron chi connectivity index (χ4n) is 2.13. The third kappa shape index (κ3) is 2.99. The first-order valence-electron chi connectivity index (χ1n) is 6.84. The molecule has 1 amide bonds. The number of aromatic nitrogens is 2. The second-order valence-electron chi connectivity index (χ2n) is 4.86. The fraction of sp³-hybridized carbons (Fsp3) is 0.467. The molecule has 0 bridgehead atoms. The number of fused-ring (bicyclic) bond motifs is 1. The Morgan fingerprint density at radius 2 is 2.25 bits per heavy atom. The molecular formula is C15H21N3O2. The Kier molecular flexibility index (Phi) is 4.39. The maximum atomic E-state index is 11.8. The van der Waals surface area contributed by atoms with Gasteiger partial charge in [-0.15, -0.1) is 0 Å². The van der Waals surface area contributed by atoms with Crippen molar-refractivity contribution in [2.75, 3.05) is 6.61 Å². The van der Waals surface area contributed by atoms with Crippen molar-refractivity contribution in [1.29, 1.82) is 0 Å². The second-order valence-corrected chi connectivity index (χ2v) is 4.86. The standard InChI is InChI=1S/C15H21N3O2/c1-5-20-10(2)15(19)16-9-12-6-7-14-13(8-12)17-11(3)18(14)4/h6-8,10H,5,9H2,1-4H3,(H,16,19)/t10-/m1/s1. The highest BCUT2D eigenvalue weighted by Crippen LogP contribution is 2.16. The van der Waals surface area contributed by atoms with Gasteiger partial charge in [0.2, 0.25) is 5.91 Å². The molecule has 0 fully saturated rings. The summed E-state index contributed by atoms with van der Waals surface area (Å²) >= 11 is 0. The van der Waals surface area contributed by atoms with Crippen LogP contribution in [-0.4, -0.2) is 28.2 Å². The van der Waals surface area contributed by atoms with Crippen molar-refractivity contribution in [3.63, 3.8) is 0 Å². The quantitative estimate of drug-likeness (QED) is 0.907. The van der Waals surface area contributed by atoms with E-state index in [1.54, 1.807) is 6.92 Å². The number of aryl methyl sites for hydroxylation is 2. The monoisotopic (exact) mass is 275 g/mol. The van der Waals surface area contributed by atoms with Gasteiger partial charge >= 0.3 is 0 Å². The zero-order chi connectivity index (χ0) is 14.7. The van der Waals surface area contributed by atoms with Crippen LogP contribution < -0.4 is 5.32 Å². The van der Waals surface area contributed by atoms with E-state index in [-0.39, 0.29) is 5.91 Å². The summed E-state index contributed by atoms with van der Waals surface area (Å²) in [4.78, 5) is 16.3. The van der Waals surface area contributed by atoms with E-state index in [1.165, 1.54) is 0 Å². The fourth-order valence-corrected chi connectivity index (χ4v) is 2.13. The van der Waals surface area contributed by atoms with E-state index in [0.717, 1.165) is 22.4 Å². The Hall–Kier alpha value is -1.88. The molecule has 0 unspecified atom stereocenters.